The fourth-order valence-electron chi connectivity index (χ4n) is 3.63. The predicted octanol–water partition coefficient (Wildman–Crippen LogP) is 5.45. The summed E-state index contributed by atoms with van der Waals surface area (Å²) in [7, 11) is 0. The lowest BCUT2D eigenvalue weighted by atomic mass is 9.89. The SMILES string of the molecule is O=C(OCc1ccccc1)c1cc(Br)cc2c1NCCC2C(=O)OCc1ccccc1. The van der Waals surface area contributed by atoms with Crippen LogP contribution in [0.3, 0.4) is 0 Å². The molecule has 5 nitrogen and oxygen atoms in total. The van der Waals surface area contributed by atoms with Crippen molar-refractivity contribution in [3.8, 4) is 0 Å². The molecule has 0 aromatic heterocycles. The van der Waals surface area contributed by atoms with Crippen LogP contribution in [0.15, 0.2) is 77.3 Å². The van der Waals surface area contributed by atoms with Gasteiger partial charge in [0, 0.05) is 11.0 Å². The maximum absolute atomic E-state index is 12.9. The summed E-state index contributed by atoms with van der Waals surface area (Å²) < 4.78 is 11.8. The number of fused-ring (bicyclic) bond motifs is 1. The maximum Gasteiger partial charge on any atom is 0.340 e. The van der Waals surface area contributed by atoms with Gasteiger partial charge >= 0.3 is 11.9 Å². The van der Waals surface area contributed by atoms with Crippen LogP contribution in [-0.2, 0) is 27.5 Å². The number of hydrogen-bond donors (Lipinski definition) is 1. The molecule has 0 saturated carbocycles. The quantitative estimate of drug-likeness (QED) is 0.476. The van der Waals surface area contributed by atoms with Crippen LogP contribution in [0.2, 0.25) is 0 Å². The molecular formula is C25H22BrNO4. The number of ether oxygens (including phenoxy) is 2. The Labute approximate surface area is 189 Å². The van der Waals surface area contributed by atoms with Gasteiger partial charge in [-0.3, -0.25) is 4.79 Å². The number of nitrogens with one attached hydrogen (secondary N) is 1. The van der Waals surface area contributed by atoms with Crippen molar-refractivity contribution in [2.45, 2.75) is 25.6 Å². The molecule has 1 unspecified atom stereocenters. The average molecular weight is 480 g/mol. The van der Waals surface area contributed by atoms with Crippen LogP contribution in [-0.4, -0.2) is 18.5 Å². The van der Waals surface area contributed by atoms with E-state index in [1.165, 1.54) is 0 Å². The van der Waals surface area contributed by atoms with Crippen LogP contribution in [0.25, 0.3) is 0 Å². The highest BCUT2D eigenvalue weighted by Gasteiger charge is 2.31. The van der Waals surface area contributed by atoms with Crippen LogP contribution >= 0.6 is 15.9 Å². The summed E-state index contributed by atoms with van der Waals surface area (Å²) in [6, 6.07) is 22.7. The van der Waals surface area contributed by atoms with Crippen molar-refractivity contribution in [3.05, 3.63) is 99.5 Å². The number of carbonyl (C=O) groups is 2. The summed E-state index contributed by atoms with van der Waals surface area (Å²) in [6.07, 6.45) is 0.593. The van der Waals surface area contributed by atoms with Crippen molar-refractivity contribution in [2.75, 3.05) is 11.9 Å². The first-order chi connectivity index (χ1) is 15.1. The minimum Gasteiger partial charge on any atom is -0.460 e. The van der Waals surface area contributed by atoms with Crippen LogP contribution in [0.1, 0.15) is 39.4 Å². The normalized spacial score (nSPS) is 14.8. The molecule has 6 heteroatoms. The van der Waals surface area contributed by atoms with E-state index >= 15 is 0 Å². The molecule has 3 aromatic carbocycles. The third-order valence-corrected chi connectivity index (χ3v) is 5.64. The Balaban J connectivity index is 1.52. The third-order valence-electron chi connectivity index (χ3n) is 5.18. The van der Waals surface area contributed by atoms with Gasteiger partial charge in [-0.25, -0.2) is 4.79 Å². The van der Waals surface area contributed by atoms with E-state index in [2.05, 4.69) is 21.2 Å². The molecule has 0 aliphatic carbocycles. The molecule has 3 aromatic rings. The lowest BCUT2D eigenvalue weighted by Crippen LogP contribution is -2.26. The van der Waals surface area contributed by atoms with E-state index in [1.54, 1.807) is 6.07 Å². The number of halogens is 1. The van der Waals surface area contributed by atoms with Crippen molar-refractivity contribution in [2.24, 2.45) is 0 Å². The van der Waals surface area contributed by atoms with E-state index in [1.807, 2.05) is 66.7 Å². The van der Waals surface area contributed by atoms with Gasteiger partial charge in [0.25, 0.3) is 0 Å². The number of benzene rings is 3. The van der Waals surface area contributed by atoms with Crippen LogP contribution in [0, 0.1) is 0 Å². The van der Waals surface area contributed by atoms with Crippen LogP contribution < -0.4 is 5.32 Å². The number of hydrogen-bond acceptors (Lipinski definition) is 5. The Morgan fingerprint density at radius 1 is 0.903 bits per heavy atom. The Bertz CT molecular complexity index is 1070. The largest absolute Gasteiger partial charge is 0.460 e. The van der Waals surface area contributed by atoms with E-state index in [-0.39, 0.29) is 19.2 Å². The number of rotatable bonds is 6. The van der Waals surface area contributed by atoms with E-state index in [9.17, 15) is 9.59 Å². The highest BCUT2D eigenvalue weighted by atomic mass is 79.9. The zero-order valence-electron chi connectivity index (χ0n) is 16.8. The molecule has 31 heavy (non-hydrogen) atoms. The molecule has 0 saturated heterocycles. The summed E-state index contributed by atoms with van der Waals surface area (Å²) in [5.41, 5.74) is 3.62. The van der Waals surface area contributed by atoms with Crippen molar-refractivity contribution in [1.29, 1.82) is 0 Å². The fourth-order valence-corrected chi connectivity index (χ4v) is 4.11. The third kappa shape index (κ3) is 5.14. The zero-order chi connectivity index (χ0) is 21.6. The lowest BCUT2D eigenvalue weighted by Gasteiger charge is -2.27. The first kappa shape index (κ1) is 21.1. The molecule has 1 atom stereocenters. The summed E-state index contributed by atoms with van der Waals surface area (Å²) in [6.45, 7) is 0.973. The van der Waals surface area contributed by atoms with Gasteiger partial charge < -0.3 is 14.8 Å². The molecular weight excluding hydrogens is 458 g/mol. The summed E-state index contributed by atoms with van der Waals surface area (Å²) >= 11 is 3.47. The lowest BCUT2D eigenvalue weighted by molar-refractivity contribution is -0.147. The minimum atomic E-state index is -0.446. The van der Waals surface area contributed by atoms with Crippen molar-refractivity contribution < 1.29 is 19.1 Å². The second kappa shape index (κ2) is 9.79. The van der Waals surface area contributed by atoms with Crippen LogP contribution in [0.5, 0.6) is 0 Å². The van der Waals surface area contributed by atoms with E-state index in [0.717, 1.165) is 16.7 Å². The standard InChI is InChI=1S/C25H22BrNO4/c26-19-13-21-20(24(28)30-15-17-7-3-1-4-8-17)11-12-27-23(21)22(14-19)25(29)31-16-18-9-5-2-6-10-18/h1-10,13-14,20,27H,11-12,15-16H2. The number of anilines is 1. The Kier molecular flexibility index (Phi) is 6.67. The average Bonchev–Trinajstić information content (AvgIpc) is 2.81. The van der Waals surface area contributed by atoms with Gasteiger partial charge in [0.1, 0.15) is 13.2 Å². The molecule has 158 valence electrons. The molecule has 0 bridgehead atoms. The van der Waals surface area contributed by atoms with Gasteiger partial charge in [-0.2, -0.15) is 0 Å². The number of esters is 2. The molecule has 1 aliphatic rings. The summed E-state index contributed by atoms with van der Waals surface area (Å²) in [4.78, 5) is 25.7. The van der Waals surface area contributed by atoms with Gasteiger partial charge in [-0.15, -0.1) is 0 Å². The monoisotopic (exact) mass is 479 g/mol. The Morgan fingerprint density at radius 2 is 1.52 bits per heavy atom. The molecule has 0 radical (unpaired) electrons. The van der Waals surface area contributed by atoms with Gasteiger partial charge in [0.15, 0.2) is 0 Å². The van der Waals surface area contributed by atoms with E-state index in [4.69, 9.17) is 9.47 Å². The molecule has 4 rings (SSSR count). The Morgan fingerprint density at radius 3 is 2.16 bits per heavy atom. The van der Waals surface area contributed by atoms with Gasteiger partial charge in [0.05, 0.1) is 17.2 Å². The second-order valence-electron chi connectivity index (χ2n) is 7.34. The van der Waals surface area contributed by atoms with Crippen molar-refractivity contribution in [1.82, 2.24) is 0 Å². The van der Waals surface area contributed by atoms with Crippen molar-refractivity contribution in [3.63, 3.8) is 0 Å². The molecule has 0 amide bonds. The highest BCUT2D eigenvalue weighted by molar-refractivity contribution is 9.10. The number of carbonyl (C=O) groups excluding carboxylic acids is 2. The smallest absolute Gasteiger partial charge is 0.340 e. The first-order valence-corrected chi connectivity index (χ1v) is 10.9. The van der Waals surface area contributed by atoms with E-state index in [0.29, 0.717) is 28.7 Å². The predicted molar refractivity (Wildman–Crippen MR) is 122 cm³/mol. The second-order valence-corrected chi connectivity index (χ2v) is 8.26. The fraction of sp³-hybridized carbons (Fsp3) is 0.200. The minimum absolute atomic E-state index is 0.184. The molecule has 1 aliphatic heterocycles. The topological polar surface area (TPSA) is 64.6 Å². The molecule has 0 fully saturated rings. The molecule has 1 N–H and O–H groups in total. The molecule has 1 heterocycles. The van der Waals surface area contributed by atoms with Gasteiger partial charge in [-0.1, -0.05) is 76.6 Å². The summed E-state index contributed by atoms with van der Waals surface area (Å²) in [5, 5.41) is 3.27. The molecule has 0 spiro atoms. The van der Waals surface area contributed by atoms with Crippen molar-refractivity contribution >= 4 is 33.6 Å². The van der Waals surface area contributed by atoms with Gasteiger partial charge in [0.2, 0.25) is 0 Å². The van der Waals surface area contributed by atoms with Crippen LogP contribution in [0.4, 0.5) is 5.69 Å². The summed E-state index contributed by atoms with van der Waals surface area (Å²) in [5.74, 6) is -1.18. The zero-order valence-corrected chi connectivity index (χ0v) is 18.4. The van der Waals surface area contributed by atoms with E-state index < -0.39 is 11.9 Å². The highest BCUT2D eigenvalue weighted by Crippen LogP contribution is 2.38. The maximum atomic E-state index is 12.9. The van der Waals surface area contributed by atoms with Gasteiger partial charge in [-0.05, 0) is 35.2 Å². The Hall–Kier alpha value is -3.12. The first-order valence-electron chi connectivity index (χ1n) is 10.1.